The van der Waals surface area contributed by atoms with E-state index in [9.17, 15) is 0 Å². The molecule has 12 heavy (non-hydrogen) atoms. The smallest absolute Gasteiger partial charge is 0 e. The van der Waals surface area contributed by atoms with Gasteiger partial charge in [0.2, 0.25) is 0 Å². The zero-order valence-electron chi connectivity index (χ0n) is 5.85. The molecule has 0 aromatic carbocycles. The topological polar surface area (TPSA) is 59.7 Å². The zero-order valence-corrected chi connectivity index (χ0v) is 7.94. The molecule has 0 radical (unpaired) electrons. The summed E-state index contributed by atoms with van der Waals surface area (Å²) in [6.45, 7) is 13.5. The van der Waals surface area contributed by atoms with Crippen molar-refractivity contribution in [1.29, 1.82) is 0 Å². The van der Waals surface area contributed by atoms with Gasteiger partial charge in [-0.25, -0.2) is 0 Å². The van der Waals surface area contributed by atoms with Crippen LogP contribution < -0.4 is 0 Å². The monoisotopic (exact) mass is 220 g/mol. The van der Waals surface area contributed by atoms with Gasteiger partial charge >= 0.3 is 33.9 Å². The minimum absolute atomic E-state index is 0. The molecule has 3 nitrogen and oxygen atoms in total. The van der Waals surface area contributed by atoms with Crippen molar-refractivity contribution in [1.82, 2.24) is 0 Å². The fraction of sp³-hybridized carbons (Fsp3) is 0. The first-order valence-electron chi connectivity index (χ1n) is 2.08. The van der Waals surface area contributed by atoms with Crippen molar-refractivity contribution < 1.29 is 31.3 Å². The molecule has 0 aliphatic carbocycles. The quantitative estimate of drug-likeness (QED) is 0.471. The first-order valence-corrected chi connectivity index (χ1v) is 3.03. The molecular formula is C7H4CrO3S. The van der Waals surface area contributed by atoms with Gasteiger partial charge < -0.3 is 0 Å². The van der Waals surface area contributed by atoms with Crippen LogP contribution in [-0.4, -0.2) is 0 Å². The molecule has 0 atom stereocenters. The summed E-state index contributed by atoms with van der Waals surface area (Å²) in [7, 11) is 0. The minimum Gasteiger partial charge on any atom is -0.152 e. The molecule has 0 aliphatic rings. The van der Waals surface area contributed by atoms with Crippen molar-refractivity contribution in [3.63, 3.8) is 0 Å². The molecule has 0 fully saturated rings. The van der Waals surface area contributed by atoms with E-state index in [-0.39, 0.29) is 17.4 Å². The van der Waals surface area contributed by atoms with Crippen molar-refractivity contribution in [2.24, 2.45) is 0 Å². The van der Waals surface area contributed by atoms with Crippen molar-refractivity contribution in [2.75, 3.05) is 0 Å². The predicted octanol–water partition coefficient (Wildman–Crippen LogP) is 1.63. The van der Waals surface area contributed by atoms with E-state index in [1.807, 2.05) is 22.9 Å². The zero-order chi connectivity index (χ0) is 9.54. The van der Waals surface area contributed by atoms with Gasteiger partial charge in [-0.05, 0) is 10.8 Å². The Kier molecular flexibility index (Phi) is 88.4. The van der Waals surface area contributed by atoms with Gasteiger partial charge in [-0.3, -0.25) is 0 Å². The molecule has 0 saturated heterocycles. The summed E-state index contributed by atoms with van der Waals surface area (Å²) >= 11 is 1.71. The summed E-state index contributed by atoms with van der Waals surface area (Å²) in [5.41, 5.74) is 0. The van der Waals surface area contributed by atoms with Crippen LogP contribution in [0.4, 0.5) is 0 Å². The fourth-order valence-corrected chi connectivity index (χ4v) is 0.680. The minimum atomic E-state index is 0. The van der Waals surface area contributed by atoms with Gasteiger partial charge in [0.25, 0.3) is 0 Å². The fourth-order valence-electron chi connectivity index (χ4n) is 0.227. The Morgan fingerprint density at radius 3 is 1.08 bits per heavy atom. The Morgan fingerprint density at radius 1 is 0.750 bits per heavy atom. The maximum Gasteiger partial charge on any atom is 0 e. The normalized spacial score (nSPS) is 3.83. The van der Waals surface area contributed by atoms with Crippen LogP contribution in [0, 0.1) is 20.0 Å². The van der Waals surface area contributed by atoms with Gasteiger partial charge in [0.1, 0.15) is 0 Å². The van der Waals surface area contributed by atoms with Crippen molar-refractivity contribution in [2.45, 2.75) is 0 Å². The van der Waals surface area contributed by atoms with Crippen LogP contribution in [0.5, 0.6) is 0 Å². The molecule has 1 aromatic rings. The molecule has 0 N–H and O–H groups in total. The molecule has 0 bridgehead atoms. The average Bonchev–Trinajstić information content (AvgIpc) is 2.71. The van der Waals surface area contributed by atoms with E-state index in [2.05, 4.69) is 20.0 Å². The van der Waals surface area contributed by atoms with E-state index in [1.165, 1.54) is 0 Å². The molecule has 0 unspecified atom stereocenters. The van der Waals surface area contributed by atoms with E-state index >= 15 is 0 Å². The third-order valence-electron chi connectivity index (χ3n) is 0.425. The number of rotatable bonds is 0. The summed E-state index contributed by atoms with van der Waals surface area (Å²) < 4.78 is 22.5. The third kappa shape index (κ3) is 34.1. The maximum atomic E-state index is 7.50. The van der Waals surface area contributed by atoms with Gasteiger partial charge in [0.05, 0.1) is 0 Å². The third-order valence-corrected chi connectivity index (χ3v) is 1.05. The molecular weight excluding hydrogens is 216 g/mol. The molecule has 0 aliphatic heterocycles. The molecule has 0 saturated carbocycles. The van der Waals surface area contributed by atoms with Gasteiger partial charge in [-0.2, -0.15) is 11.3 Å². The Morgan fingerprint density at radius 2 is 1.00 bits per heavy atom. The molecule has 5 heteroatoms. The van der Waals surface area contributed by atoms with Gasteiger partial charge in [-0.1, -0.05) is 12.1 Å². The number of hydrogen-bond acceptors (Lipinski definition) is 1. The van der Waals surface area contributed by atoms with Crippen LogP contribution in [0.3, 0.4) is 0 Å². The van der Waals surface area contributed by atoms with Gasteiger partial charge in [0, 0.05) is 17.4 Å². The second kappa shape index (κ2) is 47.1. The van der Waals surface area contributed by atoms with E-state index in [4.69, 9.17) is 14.0 Å². The Balaban J connectivity index is -0.0000000406. The van der Waals surface area contributed by atoms with Crippen LogP contribution >= 0.6 is 11.3 Å². The first kappa shape index (κ1) is 22.5. The summed E-state index contributed by atoms with van der Waals surface area (Å²) in [4.78, 5) is 0. The molecule has 1 rings (SSSR count). The SMILES string of the molecule is [C-]#[O+].[C-]#[O+].[C-]#[O+].[Cr].c1ccsc1. The van der Waals surface area contributed by atoms with E-state index in [0.29, 0.717) is 0 Å². The predicted molar refractivity (Wildman–Crippen MR) is 36.1 cm³/mol. The van der Waals surface area contributed by atoms with Crippen LogP contribution in [0.15, 0.2) is 22.9 Å². The number of thiophene rings is 1. The summed E-state index contributed by atoms with van der Waals surface area (Å²) in [6.07, 6.45) is 0. The van der Waals surface area contributed by atoms with Gasteiger partial charge in [-0.15, -0.1) is 0 Å². The maximum absolute atomic E-state index is 7.50. The van der Waals surface area contributed by atoms with Crippen molar-refractivity contribution in [3.8, 4) is 0 Å². The molecule has 62 valence electrons. The molecule has 1 heterocycles. The molecule has 0 spiro atoms. The largest absolute Gasteiger partial charge is 0.152 e. The second-order valence-corrected chi connectivity index (χ2v) is 1.61. The summed E-state index contributed by atoms with van der Waals surface area (Å²) in [5.74, 6) is 0. The average molecular weight is 220 g/mol. The van der Waals surface area contributed by atoms with Crippen LogP contribution in [0.25, 0.3) is 0 Å². The summed E-state index contributed by atoms with van der Waals surface area (Å²) in [6, 6.07) is 4.04. The standard InChI is InChI=1S/C4H4S.3CO.Cr/c1-2-4-5-3-1;3*1-2;/h1-4H;;;;. The van der Waals surface area contributed by atoms with Gasteiger partial charge in [0.15, 0.2) is 0 Å². The Bertz CT molecular complexity index is 147. The van der Waals surface area contributed by atoms with Crippen LogP contribution in [0.2, 0.25) is 0 Å². The molecule has 1 aromatic heterocycles. The summed E-state index contributed by atoms with van der Waals surface area (Å²) in [5, 5.41) is 4.08. The van der Waals surface area contributed by atoms with Crippen LogP contribution in [-0.2, 0) is 31.3 Å². The van der Waals surface area contributed by atoms with Crippen molar-refractivity contribution >= 4 is 11.3 Å². The van der Waals surface area contributed by atoms with E-state index in [1.54, 1.807) is 11.3 Å². The van der Waals surface area contributed by atoms with Crippen LogP contribution in [0.1, 0.15) is 0 Å². The van der Waals surface area contributed by atoms with Crippen molar-refractivity contribution in [3.05, 3.63) is 42.8 Å². The first-order chi connectivity index (χ1) is 5.50. The Hall–Kier alpha value is -0.548. The second-order valence-electron chi connectivity index (χ2n) is 0.793. The van der Waals surface area contributed by atoms with E-state index < -0.39 is 0 Å². The number of hydrogen-bond donors (Lipinski definition) is 0. The van der Waals surface area contributed by atoms with E-state index in [0.717, 1.165) is 0 Å². The molecule has 0 amide bonds. The Labute approximate surface area is 85.7 Å².